The second-order valence-electron chi connectivity index (χ2n) is 6.59. The van der Waals surface area contributed by atoms with Crippen LogP contribution in [0.1, 0.15) is 40.0 Å². The lowest BCUT2D eigenvalue weighted by Gasteiger charge is -2.14. The minimum Gasteiger partial charge on any atom is -0.465 e. The van der Waals surface area contributed by atoms with Crippen molar-refractivity contribution in [1.82, 2.24) is 0 Å². The lowest BCUT2D eigenvalue weighted by Crippen LogP contribution is -2.18. The van der Waals surface area contributed by atoms with Gasteiger partial charge in [-0.15, -0.1) is 0 Å². The van der Waals surface area contributed by atoms with E-state index in [0.29, 0.717) is 28.9 Å². The van der Waals surface area contributed by atoms with E-state index in [2.05, 4.69) is 27.5 Å². The summed E-state index contributed by atoms with van der Waals surface area (Å²) in [7, 11) is 1.29. The third-order valence-electron chi connectivity index (χ3n) is 4.56. The van der Waals surface area contributed by atoms with Crippen molar-refractivity contribution in [3.8, 4) is 0 Å². The van der Waals surface area contributed by atoms with Crippen molar-refractivity contribution in [2.45, 2.75) is 19.3 Å². The molecular formula is C22H22N2O4. The number of rotatable bonds is 6. The SMILES string of the molecule is COC(=O)c1cccc(C(=O)Nc2ccccc2NC(=O)CC2C=CCC2)c1. The average Bonchev–Trinajstić information content (AvgIpc) is 3.21. The van der Waals surface area contributed by atoms with E-state index < -0.39 is 5.97 Å². The summed E-state index contributed by atoms with van der Waals surface area (Å²) in [5.74, 6) is -0.719. The van der Waals surface area contributed by atoms with Crippen LogP contribution in [-0.4, -0.2) is 24.9 Å². The van der Waals surface area contributed by atoms with Crippen LogP contribution in [0.4, 0.5) is 11.4 Å². The van der Waals surface area contributed by atoms with Gasteiger partial charge in [-0.3, -0.25) is 9.59 Å². The molecule has 1 unspecified atom stereocenters. The number of ether oxygens (including phenoxy) is 1. The number of anilines is 2. The smallest absolute Gasteiger partial charge is 0.337 e. The second kappa shape index (κ2) is 8.99. The highest BCUT2D eigenvalue weighted by molar-refractivity contribution is 6.08. The molecule has 0 radical (unpaired) electrons. The predicted molar refractivity (Wildman–Crippen MR) is 107 cm³/mol. The van der Waals surface area contributed by atoms with Crippen LogP contribution in [0.2, 0.25) is 0 Å². The Morgan fingerprint density at radius 1 is 1.00 bits per heavy atom. The zero-order valence-corrected chi connectivity index (χ0v) is 15.6. The Hall–Kier alpha value is -3.41. The normalized spacial score (nSPS) is 15.1. The highest BCUT2D eigenvalue weighted by atomic mass is 16.5. The summed E-state index contributed by atoms with van der Waals surface area (Å²) in [5.41, 5.74) is 1.64. The van der Waals surface area contributed by atoms with Crippen LogP contribution >= 0.6 is 0 Å². The van der Waals surface area contributed by atoms with Gasteiger partial charge in [0.05, 0.1) is 24.0 Å². The van der Waals surface area contributed by atoms with E-state index in [1.165, 1.54) is 13.2 Å². The molecule has 0 bridgehead atoms. The molecule has 3 rings (SSSR count). The van der Waals surface area contributed by atoms with Gasteiger partial charge in [0.2, 0.25) is 5.91 Å². The summed E-state index contributed by atoms with van der Waals surface area (Å²) in [6, 6.07) is 13.3. The van der Waals surface area contributed by atoms with Crippen molar-refractivity contribution in [2.24, 2.45) is 5.92 Å². The summed E-state index contributed by atoms with van der Waals surface area (Å²) < 4.78 is 4.68. The Morgan fingerprint density at radius 2 is 1.71 bits per heavy atom. The van der Waals surface area contributed by atoms with Crippen molar-refractivity contribution >= 4 is 29.2 Å². The molecule has 144 valence electrons. The molecule has 1 atom stereocenters. The number of allylic oxidation sites excluding steroid dienone is 2. The standard InChI is InChI=1S/C22H22N2O4/c1-28-22(27)17-10-6-9-16(14-17)21(26)24-19-12-5-4-11-18(19)23-20(25)13-15-7-2-3-8-15/h2,4-7,9-12,14-15H,3,8,13H2,1H3,(H,23,25)(H,24,26). The minimum atomic E-state index is -0.511. The molecule has 2 amide bonds. The molecule has 6 nitrogen and oxygen atoms in total. The van der Waals surface area contributed by atoms with Crippen molar-refractivity contribution in [1.29, 1.82) is 0 Å². The lowest BCUT2D eigenvalue weighted by molar-refractivity contribution is -0.116. The number of esters is 1. The van der Waals surface area contributed by atoms with Gasteiger partial charge in [0.15, 0.2) is 0 Å². The summed E-state index contributed by atoms with van der Waals surface area (Å²) >= 11 is 0. The zero-order valence-electron chi connectivity index (χ0n) is 15.6. The molecule has 0 aliphatic heterocycles. The van der Waals surface area contributed by atoms with E-state index in [0.717, 1.165) is 12.8 Å². The number of carbonyl (C=O) groups is 3. The minimum absolute atomic E-state index is 0.0917. The molecule has 1 aliphatic carbocycles. The van der Waals surface area contributed by atoms with Gasteiger partial charge in [-0.2, -0.15) is 0 Å². The molecular weight excluding hydrogens is 356 g/mol. The first-order valence-electron chi connectivity index (χ1n) is 9.12. The first-order chi connectivity index (χ1) is 13.6. The molecule has 1 aliphatic rings. The molecule has 0 spiro atoms. The number of benzene rings is 2. The monoisotopic (exact) mass is 378 g/mol. The number of hydrogen-bond acceptors (Lipinski definition) is 4. The maximum Gasteiger partial charge on any atom is 0.337 e. The first kappa shape index (κ1) is 19.4. The Morgan fingerprint density at radius 3 is 2.39 bits per heavy atom. The molecule has 0 aromatic heterocycles. The Labute approximate surface area is 163 Å². The summed E-state index contributed by atoms with van der Waals surface area (Å²) in [5, 5.41) is 5.66. The topological polar surface area (TPSA) is 84.5 Å². The Bertz CT molecular complexity index is 920. The molecule has 2 aromatic rings. The van der Waals surface area contributed by atoms with Crippen LogP contribution in [-0.2, 0) is 9.53 Å². The van der Waals surface area contributed by atoms with Crippen LogP contribution < -0.4 is 10.6 Å². The van der Waals surface area contributed by atoms with Gasteiger partial charge in [0, 0.05) is 12.0 Å². The van der Waals surface area contributed by atoms with E-state index in [1.807, 2.05) is 0 Å². The van der Waals surface area contributed by atoms with Gasteiger partial charge in [-0.25, -0.2) is 4.79 Å². The van der Waals surface area contributed by atoms with Gasteiger partial charge in [0.1, 0.15) is 0 Å². The summed E-state index contributed by atoms with van der Waals surface area (Å²) in [6.45, 7) is 0. The van der Waals surface area contributed by atoms with Gasteiger partial charge < -0.3 is 15.4 Å². The van der Waals surface area contributed by atoms with Crippen LogP contribution in [0, 0.1) is 5.92 Å². The van der Waals surface area contributed by atoms with Crippen molar-refractivity contribution < 1.29 is 19.1 Å². The number of amides is 2. The van der Waals surface area contributed by atoms with E-state index in [-0.39, 0.29) is 17.7 Å². The lowest BCUT2D eigenvalue weighted by atomic mass is 10.0. The molecule has 28 heavy (non-hydrogen) atoms. The highest BCUT2D eigenvalue weighted by Gasteiger charge is 2.16. The number of para-hydroxylation sites is 2. The fraction of sp³-hybridized carbons (Fsp3) is 0.227. The van der Waals surface area contributed by atoms with E-state index in [1.54, 1.807) is 42.5 Å². The number of carbonyl (C=O) groups excluding carboxylic acids is 3. The molecule has 2 aromatic carbocycles. The van der Waals surface area contributed by atoms with Crippen LogP contribution in [0.5, 0.6) is 0 Å². The largest absolute Gasteiger partial charge is 0.465 e. The first-order valence-corrected chi connectivity index (χ1v) is 9.12. The maximum atomic E-state index is 12.6. The third-order valence-corrected chi connectivity index (χ3v) is 4.56. The van der Waals surface area contributed by atoms with Gasteiger partial charge in [-0.1, -0.05) is 30.4 Å². The molecule has 0 saturated carbocycles. The average molecular weight is 378 g/mol. The van der Waals surface area contributed by atoms with E-state index >= 15 is 0 Å². The Kier molecular flexibility index (Phi) is 6.22. The number of hydrogen-bond donors (Lipinski definition) is 2. The fourth-order valence-corrected chi connectivity index (χ4v) is 3.11. The van der Waals surface area contributed by atoms with Crippen LogP contribution in [0.25, 0.3) is 0 Å². The van der Waals surface area contributed by atoms with Crippen molar-refractivity contribution in [2.75, 3.05) is 17.7 Å². The molecule has 2 N–H and O–H groups in total. The Balaban J connectivity index is 1.70. The molecule has 0 saturated heterocycles. The predicted octanol–water partition coefficient (Wildman–Crippen LogP) is 4.02. The fourth-order valence-electron chi connectivity index (χ4n) is 3.11. The highest BCUT2D eigenvalue weighted by Crippen LogP contribution is 2.25. The molecule has 0 heterocycles. The summed E-state index contributed by atoms with van der Waals surface area (Å²) in [6.07, 6.45) is 6.58. The van der Waals surface area contributed by atoms with Crippen LogP contribution in [0.3, 0.4) is 0 Å². The maximum absolute atomic E-state index is 12.6. The number of nitrogens with one attached hydrogen (secondary N) is 2. The van der Waals surface area contributed by atoms with Crippen molar-refractivity contribution in [3.63, 3.8) is 0 Å². The quantitative estimate of drug-likeness (QED) is 0.587. The number of methoxy groups -OCH3 is 1. The molecule has 6 heteroatoms. The molecule has 0 fully saturated rings. The van der Waals surface area contributed by atoms with E-state index in [9.17, 15) is 14.4 Å². The van der Waals surface area contributed by atoms with E-state index in [4.69, 9.17) is 0 Å². The second-order valence-corrected chi connectivity index (χ2v) is 6.59. The zero-order chi connectivity index (χ0) is 19.9. The third kappa shape index (κ3) is 4.85. The van der Waals surface area contributed by atoms with Crippen LogP contribution in [0.15, 0.2) is 60.7 Å². The van der Waals surface area contributed by atoms with Gasteiger partial charge >= 0.3 is 5.97 Å². The van der Waals surface area contributed by atoms with Gasteiger partial charge in [0.25, 0.3) is 5.91 Å². The summed E-state index contributed by atoms with van der Waals surface area (Å²) in [4.78, 5) is 36.6. The van der Waals surface area contributed by atoms with Crippen molar-refractivity contribution in [3.05, 3.63) is 71.8 Å². The van der Waals surface area contributed by atoms with Gasteiger partial charge in [-0.05, 0) is 49.1 Å².